The van der Waals surface area contributed by atoms with Gasteiger partial charge in [-0.2, -0.15) is 0 Å². The first-order valence-electron chi connectivity index (χ1n) is 5.41. The van der Waals surface area contributed by atoms with Gasteiger partial charge in [0.2, 0.25) is 5.91 Å². The van der Waals surface area contributed by atoms with Crippen molar-refractivity contribution < 1.29 is 4.79 Å². The zero-order chi connectivity index (χ0) is 9.84. The van der Waals surface area contributed by atoms with Crippen LogP contribution in [0, 0.1) is 11.8 Å². The Labute approximate surface area is 81.3 Å². The Morgan fingerprint density at radius 3 is 2.54 bits per heavy atom. The summed E-state index contributed by atoms with van der Waals surface area (Å²) in [6.45, 7) is 8.48. The third-order valence-electron chi connectivity index (χ3n) is 2.76. The Balaban J connectivity index is 2.08. The highest BCUT2D eigenvalue weighted by atomic mass is 16.2. The molecule has 0 radical (unpaired) electrons. The molecule has 2 nitrogen and oxygen atoms in total. The molecule has 0 atom stereocenters. The quantitative estimate of drug-likeness (QED) is 0.655. The molecule has 1 rings (SSSR count). The highest BCUT2D eigenvalue weighted by Gasteiger charge is 2.28. The summed E-state index contributed by atoms with van der Waals surface area (Å²) >= 11 is 0. The van der Waals surface area contributed by atoms with Crippen LogP contribution in [0.3, 0.4) is 0 Å². The number of hydrogen-bond acceptors (Lipinski definition) is 1. The molecule has 76 valence electrons. The van der Waals surface area contributed by atoms with Crippen molar-refractivity contribution in [3.63, 3.8) is 0 Å². The number of carbonyl (C=O) groups is 1. The number of carbonyl (C=O) groups excluding carboxylic acids is 1. The number of hydrogen-bond donors (Lipinski definition) is 0. The third kappa shape index (κ3) is 3.02. The van der Waals surface area contributed by atoms with E-state index in [1.807, 2.05) is 11.8 Å². The van der Waals surface area contributed by atoms with Gasteiger partial charge < -0.3 is 4.90 Å². The van der Waals surface area contributed by atoms with Crippen LogP contribution >= 0.6 is 0 Å². The van der Waals surface area contributed by atoms with Crippen LogP contribution in [0.4, 0.5) is 0 Å². The third-order valence-corrected chi connectivity index (χ3v) is 2.76. The van der Waals surface area contributed by atoms with Crippen molar-refractivity contribution in [2.24, 2.45) is 11.8 Å². The van der Waals surface area contributed by atoms with Gasteiger partial charge in [0.15, 0.2) is 0 Å². The first kappa shape index (κ1) is 10.6. The van der Waals surface area contributed by atoms with Gasteiger partial charge in [0.25, 0.3) is 0 Å². The fraction of sp³-hybridized carbons (Fsp3) is 0.909. The Bertz CT molecular complexity index is 171. The van der Waals surface area contributed by atoms with E-state index in [4.69, 9.17) is 0 Å². The second kappa shape index (κ2) is 4.64. The van der Waals surface area contributed by atoms with E-state index >= 15 is 0 Å². The summed E-state index contributed by atoms with van der Waals surface area (Å²) in [5, 5.41) is 0. The monoisotopic (exact) mass is 183 g/mol. The van der Waals surface area contributed by atoms with Gasteiger partial charge in [-0.3, -0.25) is 4.79 Å². The maximum Gasteiger partial charge on any atom is 0.222 e. The molecule has 0 N–H and O–H groups in total. The summed E-state index contributed by atoms with van der Waals surface area (Å²) in [5.74, 6) is 1.91. The standard InChI is InChI=1S/C11H21NO/c1-4-11(13)12-7-10(8-12)6-5-9(2)3/h9-10H,4-8H2,1-3H3. The van der Waals surface area contributed by atoms with E-state index in [0.29, 0.717) is 12.3 Å². The lowest BCUT2D eigenvalue weighted by molar-refractivity contribution is -0.137. The maximum atomic E-state index is 11.2. The molecule has 0 unspecified atom stereocenters. The van der Waals surface area contributed by atoms with Crippen LogP contribution in [0.25, 0.3) is 0 Å². The van der Waals surface area contributed by atoms with Crippen LogP contribution in [0.2, 0.25) is 0 Å². The van der Waals surface area contributed by atoms with E-state index in [-0.39, 0.29) is 0 Å². The first-order chi connectivity index (χ1) is 6.13. The van der Waals surface area contributed by atoms with Gasteiger partial charge in [-0.05, 0) is 18.3 Å². The minimum absolute atomic E-state index is 0.320. The minimum atomic E-state index is 0.320. The topological polar surface area (TPSA) is 20.3 Å². The van der Waals surface area contributed by atoms with Crippen LogP contribution in [-0.2, 0) is 4.79 Å². The molecule has 0 saturated carbocycles. The lowest BCUT2D eigenvalue weighted by Crippen LogP contribution is -2.49. The van der Waals surface area contributed by atoms with Crippen molar-refractivity contribution in [2.45, 2.75) is 40.0 Å². The highest BCUT2D eigenvalue weighted by Crippen LogP contribution is 2.22. The molecule has 1 saturated heterocycles. The predicted molar refractivity (Wildman–Crippen MR) is 54.4 cm³/mol. The van der Waals surface area contributed by atoms with Gasteiger partial charge >= 0.3 is 0 Å². The van der Waals surface area contributed by atoms with Crippen molar-refractivity contribution in [1.82, 2.24) is 4.90 Å². The molecule has 0 bridgehead atoms. The minimum Gasteiger partial charge on any atom is -0.342 e. The average Bonchev–Trinajstić information content (AvgIpc) is 2.00. The molecule has 1 fully saturated rings. The van der Waals surface area contributed by atoms with E-state index < -0.39 is 0 Å². The summed E-state index contributed by atoms with van der Waals surface area (Å²) in [7, 11) is 0. The summed E-state index contributed by atoms with van der Waals surface area (Å²) in [6.07, 6.45) is 3.26. The lowest BCUT2D eigenvalue weighted by atomic mass is 9.91. The van der Waals surface area contributed by atoms with Crippen LogP contribution < -0.4 is 0 Å². The molecule has 0 aromatic heterocycles. The van der Waals surface area contributed by atoms with Gasteiger partial charge in [0.1, 0.15) is 0 Å². The van der Waals surface area contributed by atoms with Crippen LogP contribution in [0.1, 0.15) is 40.0 Å². The number of rotatable bonds is 4. The Morgan fingerprint density at radius 1 is 1.46 bits per heavy atom. The second-order valence-electron chi connectivity index (χ2n) is 4.49. The van der Waals surface area contributed by atoms with E-state index in [1.54, 1.807) is 0 Å². The van der Waals surface area contributed by atoms with Crippen LogP contribution in [-0.4, -0.2) is 23.9 Å². The summed E-state index contributed by atoms with van der Waals surface area (Å²) in [4.78, 5) is 13.2. The van der Waals surface area contributed by atoms with E-state index in [0.717, 1.165) is 24.9 Å². The summed E-state index contributed by atoms with van der Waals surface area (Å²) in [6, 6.07) is 0. The largest absolute Gasteiger partial charge is 0.342 e. The molecule has 1 aliphatic rings. The normalized spacial score (nSPS) is 17.7. The van der Waals surface area contributed by atoms with Crippen LogP contribution in [0.15, 0.2) is 0 Å². The molecule has 1 amide bonds. The molecular weight excluding hydrogens is 162 g/mol. The van der Waals surface area contributed by atoms with Gasteiger partial charge in [-0.1, -0.05) is 27.2 Å². The van der Waals surface area contributed by atoms with Crippen LogP contribution in [0.5, 0.6) is 0 Å². The zero-order valence-corrected chi connectivity index (χ0v) is 9.05. The number of nitrogens with zero attached hydrogens (tertiary/aromatic N) is 1. The zero-order valence-electron chi connectivity index (χ0n) is 9.05. The van der Waals surface area contributed by atoms with Gasteiger partial charge in [0.05, 0.1) is 0 Å². The van der Waals surface area contributed by atoms with Crippen molar-refractivity contribution in [3.05, 3.63) is 0 Å². The van der Waals surface area contributed by atoms with Crippen molar-refractivity contribution in [2.75, 3.05) is 13.1 Å². The number of amides is 1. The van der Waals surface area contributed by atoms with Crippen molar-refractivity contribution in [3.8, 4) is 0 Å². The molecule has 13 heavy (non-hydrogen) atoms. The molecular formula is C11H21NO. The fourth-order valence-corrected chi connectivity index (χ4v) is 1.75. The predicted octanol–water partition coefficient (Wildman–Crippen LogP) is 2.29. The summed E-state index contributed by atoms with van der Waals surface area (Å²) in [5.41, 5.74) is 0. The van der Waals surface area contributed by atoms with Gasteiger partial charge in [-0.15, -0.1) is 0 Å². The van der Waals surface area contributed by atoms with Gasteiger partial charge in [-0.25, -0.2) is 0 Å². The highest BCUT2D eigenvalue weighted by molar-refractivity contribution is 5.76. The van der Waals surface area contributed by atoms with E-state index in [1.165, 1.54) is 12.8 Å². The number of likely N-dealkylation sites (tertiary alicyclic amines) is 1. The molecule has 1 aliphatic heterocycles. The van der Waals surface area contributed by atoms with E-state index in [2.05, 4.69) is 13.8 Å². The molecule has 0 aromatic rings. The van der Waals surface area contributed by atoms with Gasteiger partial charge in [0, 0.05) is 19.5 Å². The SMILES string of the molecule is CCC(=O)N1CC(CCC(C)C)C1. The van der Waals surface area contributed by atoms with Crippen molar-refractivity contribution >= 4 is 5.91 Å². The molecule has 1 heterocycles. The molecule has 2 heteroatoms. The molecule has 0 spiro atoms. The first-order valence-corrected chi connectivity index (χ1v) is 5.41. The second-order valence-corrected chi connectivity index (χ2v) is 4.49. The lowest BCUT2D eigenvalue weighted by Gasteiger charge is -2.39. The van der Waals surface area contributed by atoms with E-state index in [9.17, 15) is 4.79 Å². The van der Waals surface area contributed by atoms with Crippen molar-refractivity contribution in [1.29, 1.82) is 0 Å². The smallest absolute Gasteiger partial charge is 0.222 e. The maximum absolute atomic E-state index is 11.2. The Hall–Kier alpha value is -0.530. The molecule has 0 aliphatic carbocycles. The Kier molecular flexibility index (Phi) is 3.76. The molecule has 0 aromatic carbocycles. The average molecular weight is 183 g/mol. The Morgan fingerprint density at radius 2 is 2.08 bits per heavy atom. The fourth-order valence-electron chi connectivity index (χ4n) is 1.75. The summed E-state index contributed by atoms with van der Waals surface area (Å²) < 4.78 is 0.